The van der Waals surface area contributed by atoms with Crippen molar-refractivity contribution in [2.75, 3.05) is 0 Å². The van der Waals surface area contributed by atoms with Crippen LogP contribution in [-0.4, -0.2) is 19.9 Å². The lowest BCUT2D eigenvalue weighted by molar-refractivity contribution is 0.476. The van der Waals surface area contributed by atoms with Crippen LogP contribution >= 0.6 is 11.8 Å². The van der Waals surface area contributed by atoms with Gasteiger partial charge < -0.3 is 5.11 Å². The molecule has 1 aromatic heterocycles. The van der Waals surface area contributed by atoms with Gasteiger partial charge in [-0.05, 0) is 29.8 Å². The molecule has 0 aliphatic carbocycles. The van der Waals surface area contributed by atoms with Crippen LogP contribution in [0.2, 0.25) is 0 Å². The summed E-state index contributed by atoms with van der Waals surface area (Å²) in [6.45, 7) is 4.30. The smallest absolute Gasteiger partial charge is 0.192 e. The van der Waals surface area contributed by atoms with Crippen molar-refractivity contribution in [2.45, 2.75) is 17.5 Å². The fraction of sp³-hybridized carbons (Fsp3) is 0.111. The summed E-state index contributed by atoms with van der Waals surface area (Å²) < 4.78 is 14.9. The van der Waals surface area contributed by atoms with Crippen molar-refractivity contribution >= 4 is 11.8 Å². The van der Waals surface area contributed by atoms with Gasteiger partial charge in [0, 0.05) is 12.3 Å². The highest BCUT2D eigenvalue weighted by Gasteiger charge is 2.16. The molecule has 0 bridgehead atoms. The zero-order valence-corrected chi connectivity index (χ0v) is 13.7. The Morgan fingerprint density at radius 3 is 2.58 bits per heavy atom. The average molecular weight is 341 g/mol. The number of phenols is 1. The highest BCUT2D eigenvalue weighted by Crippen LogP contribution is 2.31. The Morgan fingerprint density at radius 2 is 1.88 bits per heavy atom. The van der Waals surface area contributed by atoms with Crippen LogP contribution < -0.4 is 0 Å². The van der Waals surface area contributed by atoms with Crippen LogP contribution in [0.4, 0.5) is 4.39 Å². The molecule has 4 nitrogen and oxygen atoms in total. The Kier molecular flexibility index (Phi) is 4.96. The van der Waals surface area contributed by atoms with Crippen LogP contribution in [-0.2, 0) is 12.3 Å². The number of allylic oxidation sites excluding steroid dienone is 1. The van der Waals surface area contributed by atoms with Crippen molar-refractivity contribution in [2.24, 2.45) is 0 Å². The molecule has 0 atom stereocenters. The number of aromatic nitrogens is 3. The SMILES string of the molecule is C=CCn1c(SCc2ccc(F)cc2)nnc1-c1ccccc1O. The van der Waals surface area contributed by atoms with Crippen LogP contribution in [0.1, 0.15) is 5.56 Å². The molecule has 0 aliphatic heterocycles. The Labute approximate surface area is 143 Å². The van der Waals surface area contributed by atoms with E-state index in [0.717, 1.165) is 10.7 Å². The van der Waals surface area contributed by atoms with Gasteiger partial charge in [-0.15, -0.1) is 16.8 Å². The van der Waals surface area contributed by atoms with Crippen molar-refractivity contribution in [3.05, 3.63) is 72.6 Å². The molecule has 0 spiro atoms. The number of hydrogen-bond acceptors (Lipinski definition) is 4. The van der Waals surface area contributed by atoms with Crippen LogP contribution in [0.3, 0.4) is 0 Å². The minimum Gasteiger partial charge on any atom is -0.507 e. The number of nitrogens with zero attached hydrogens (tertiary/aromatic N) is 3. The number of hydrogen-bond donors (Lipinski definition) is 1. The third-order valence-corrected chi connectivity index (χ3v) is 4.49. The summed E-state index contributed by atoms with van der Waals surface area (Å²) in [6.07, 6.45) is 1.76. The molecule has 1 heterocycles. The van der Waals surface area contributed by atoms with E-state index in [2.05, 4.69) is 16.8 Å². The zero-order chi connectivity index (χ0) is 16.9. The molecular formula is C18H16FN3OS. The van der Waals surface area contributed by atoms with Gasteiger partial charge in [-0.2, -0.15) is 0 Å². The first-order valence-electron chi connectivity index (χ1n) is 7.38. The minimum atomic E-state index is -0.250. The molecule has 0 saturated heterocycles. The monoisotopic (exact) mass is 341 g/mol. The Morgan fingerprint density at radius 1 is 1.12 bits per heavy atom. The van der Waals surface area contributed by atoms with Crippen molar-refractivity contribution in [1.82, 2.24) is 14.8 Å². The number of rotatable bonds is 6. The summed E-state index contributed by atoms with van der Waals surface area (Å²) in [4.78, 5) is 0. The Balaban J connectivity index is 1.87. The summed E-state index contributed by atoms with van der Waals surface area (Å²) in [7, 11) is 0. The highest BCUT2D eigenvalue weighted by atomic mass is 32.2. The molecule has 0 saturated carbocycles. The average Bonchev–Trinajstić information content (AvgIpc) is 2.98. The number of halogens is 1. The van der Waals surface area contributed by atoms with Gasteiger partial charge in [0.15, 0.2) is 11.0 Å². The molecule has 6 heteroatoms. The fourth-order valence-corrected chi connectivity index (χ4v) is 3.18. The predicted octanol–water partition coefficient (Wildman–Crippen LogP) is 4.27. The van der Waals surface area contributed by atoms with Gasteiger partial charge in [0.2, 0.25) is 0 Å². The Bertz CT molecular complexity index is 846. The summed E-state index contributed by atoms with van der Waals surface area (Å²) in [5, 5.41) is 19.2. The van der Waals surface area contributed by atoms with Crippen molar-refractivity contribution in [3.8, 4) is 17.1 Å². The van der Waals surface area contributed by atoms with Crippen molar-refractivity contribution in [1.29, 1.82) is 0 Å². The first-order valence-corrected chi connectivity index (χ1v) is 8.37. The van der Waals surface area contributed by atoms with E-state index in [1.807, 2.05) is 10.6 Å². The van der Waals surface area contributed by atoms with E-state index in [0.29, 0.717) is 23.7 Å². The molecule has 1 N–H and O–H groups in total. The van der Waals surface area contributed by atoms with E-state index < -0.39 is 0 Å². The van der Waals surface area contributed by atoms with Crippen molar-refractivity contribution < 1.29 is 9.50 Å². The standard InChI is InChI=1S/C18H16FN3OS/c1-2-11-22-17(15-5-3-4-6-16(15)23)20-21-18(22)24-12-13-7-9-14(19)10-8-13/h2-10,23H,1,11-12H2. The minimum absolute atomic E-state index is 0.158. The largest absolute Gasteiger partial charge is 0.507 e. The molecule has 24 heavy (non-hydrogen) atoms. The number of para-hydroxylation sites is 1. The van der Waals surface area contributed by atoms with Crippen LogP contribution in [0.5, 0.6) is 5.75 Å². The van der Waals surface area contributed by atoms with E-state index in [-0.39, 0.29) is 11.6 Å². The van der Waals surface area contributed by atoms with Gasteiger partial charge in [-0.25, -0.2) is 4.39 Å². The number of benzene rings is 2. The van der Waals surface area contributed by atoms with E-state index in [9.17, 15) is 9.50 Å². The van der Waals surface area contributed by atoms with Gasteiger partial charge in [0.25, 0.3) is 0 Å². The van der Waals surface area contributed by atoms with E-state index in [1.165, 1.54) is 23.9 Å². The quantitative estimate of drug-likeness (QED) is 0.537. The van der Waals surface area contributed by atoms with Gasteiger partial charge in [-0.1, -0.05) is 42.1 Å². The van der Waals surface area contributed by atoms with Crippen LogP contribution in [0, 0.1) is 5.82 Å². The van der Waals surface area contributed by atoms with E-state index >= 15 is 0 Å². The fourth-order valence-electron chi connectivity index (χ4n) is 2.28. The van der Waals surface area contributed by atoms with Crippen LogP contribution in [0.25, 0.3) is 11.4 Å². The molecule has 0 radical (unpaired) electrons. The maximum Gasteiger partial charge on any atom is 0.192 e. The molecule has 0 amide bonds. The molecule has 2 aromatic carbocycles. The second kappa shape index (κ2) is 7.31. The number of thioether (sulfide) groups is 1. The second-order valence-electron chi connectivity index (χ2n) is 5.14. The van der Waals surface area contributed by atoms with Gasteiger partial charge in [0.05, 0.1) is 5.56 Å². The maximum absolute atomic E-state index is 13.0. The van der Waals surface area contributed by atoms with Crippen molar-refractivity contribution in [3.63, 3.8) is 0 Å². The normalized spacial score (nSPS) is 10.7. The third kappa shape index (κ3) is 3.49. The maximum atomic E-state index is 13.0. The molecule has 3 rings (SSSR count). The molecule has 0 fully saturated rings. The first-order chi connectivity index (χ1) is 11.7. The molecule has 0 aliphatic rings. The topological polar surface area (TPSA) is 50.9 Å². The molecule has 3 aromatic rings. The van der Waals surface area contributed by atoms with E-state index in [4.69, 9.17) is 0 Å². The molecular weight excluding hydrogens is 325 g/mol. The predicted molar refractivity (Wildman–Crippen MR) is 93.3 cm³/mol. The van der Waals surface area contributed by atoms with Gasteiger partial charge in [0.1, 0.15) is 11.6 Å². The van der Waals surface area contributed by atoms with Gasteiger partial charge in [-0.3, -0.25) is 4.57 Å². The lowest BCUT2D eigenvalue weighted by Crippen LogP contribution is -2.00. The summed E-state index contributed by atoms with van der Waals surface area (Å²) in [6, 6.07) is 13.4. The Hall–Kier alpha value is -2.60. The zero-order valence-electron chi connectivity index (χ0n) is 12.9. The summed E-state index contributed by atoms with van der Waals surface area (Å²) in [5.41, 5.74) is 1.62. The lowest BCUT2D eigenvalue weighted by Gasteiger charge is -2.08. The van der Waals surface area contributed by atoms with Gasteiger partial charge >= 0.3 is 0 Å². The van der Waals surface area contributed by atoms with E-state index in [1.54, 1.807) is 36.4 Å². The van der Waals surface area contributed by atoms with Crippen LogP contribution in [0.15, 0.2) is 66.3 Å². The third-order valence-electron chi connectivity index (χ3n) is 3.45. The molecule has 122 valence electrons. The summed E-state index contributed by atoms with van der Waals surface area (Å²) in [5.74, 6) is 1.15. The molecule has 0 unspecified atom stereocenters. The number of phenolic OH excluding ortho intramolecular Hbond substituents is 1. The summed E-state index contributed by atoms with van der Waals surface area (Å²) >= 11 is 1.50. The number of aromatic hydroxyl groups is 1. The lowest BCUT2D eigenvalue weighted by atomic mass is 10.2. The second-order valence-corrected chi connectivity index (χ2v) is 6.08. The highest BCUT2D eigenvalue weighted by molar-refractivity contribution is 7.98. The first kappa shape index (κ1) is 16.3.